The average molecular weight is 401 g/mol. The fourth-order valence-electron chi connectivity index (χ4n) is 3.22. The van der Waals surface area contributed by atoms with Crippen molar-refractivity contribution in [3.05, 3.63) is 57.8 Å². The maximum absolute atomic E-state index is 12.8. The average Bonchev–Trinajstić information content (AvgIpc) is 3.28. The standard InChI is InChI=1S/C21H24N2O4S/c1-4-27-15-8-5-7-14(13-15)19(24)17-18(16-9-6-12-28-16)23(11-10-22(2)3)21(26)20(17)25/h5-9,12-13,18,24H,4,10-11H2,1-3H3/b19-17+. The van der Waals surface area contributed by atoms with Crippen LogP contribution in [0.2, 0.25) is 0 Å². The summed E-state index contributed by atoms with van der Waals surface area (Å²) in [4.78, 5) is 29.9. The van der Waals surface area contributed by atoms with Gasteiger partial charge in [0.2, 0.25) is 0 Å². The highest BCUT2D eigenvalue weighted by atomic mass is 32.1. The third kappa shape index (κ3) is 3.95. The van der Waals surface area contributed by atoms with Crippen molar-refractivity contribution >= 4 is 28.8 Å². The maximum atomic E-state index is 12.8. The molecular formula is C21H24N2O4S. The van der Waals surface area contributed by atoms with Crippen molar-refractivity contribution in [3.63, 3.8) is 0 Å². The van der Waals surface area contributed by atoms with Crippen LogP contribution in [-0.4, -0.2) is 60.4 Å². The number of benzene rings is 1. The van der Waals surface area contributed by atoms with Gasteiger partial charge >= 0.3 is 0 Å². The molecule has 1 amide bonds. The molecule has 1 saturated heterocycles. The minimum Gasteiger partial charge on any atom is -0.507 e. The summed E-state index contributed by atoms with van der Waals surface area (Å²) in [5.74, 6) is -0.814. The molecule has 1 aliphatic rings. The van der Waals surface area contributed by atoms with E-state index in [-0.39, 0.29) is 11.3 Å². The molecule has 1 unspecified atom stereocenters. The van der Waals surface area contributed by atoms with Gasteiger partial charge in [-0.3, -0.25) is 9.59 Å². The first kappa shape index (κ1) is 20.1. The van der Waals surface area contributed by atoms with Gasteiger partial charge in [-0.05, 0) is 44.6 Å². The second-order valence-corrected chi connectivity index (χ2v) is 7.75. The first-order valence-electron chi connectivity index (χ1n) is 9.13. The van der Waals surface area contributed by atoms with Gasteiger partial charge < -0.3 is 19.6 Å². The van der Waals surface area contributed by atoms with E-state index in [4.69, 9.17) is 4.74 Å². The number of ketones is 1. The van der Waals surface area contributed by atoms with E-state index in [0.29, 0.717) is 31.0 Å². The Morgan fingerprint density at radius 3 is 2.68 bits per heavy atom. The van der Waals surface area contributed by atoms with E-state index >= 15 is 0 Å². The van der Waals surface area contributed by atoms with E-state index in [1.165, 1.54) is 11.3 Å². The molecule has 1 aromatic carbocycles. The Kier molecular flexibility index (Phi) is 6.16. The second kappa shape index (κ2) is 8.58. The van der Waals surface area contributed by atoms with Gasteiger partial charge in [0.05, 0.1) is 18.2 Å². The van der Waals surface area contributed by atoms with Gasteiger partial charge in [-0.2, -0.15) is 0 Å². The van der Waals surface area contributed by atoms with Crippen molar-refractivity contribution < 1.29 is 19.4 Å². The Balaban J connectivity index is 2.08. The fraction of sp³-hybridized carbons (Fsp3) is 0.333. The minimum atomic E-state index is -0.656. The lowest BCUT2D eigenvalue weighted by molar-refractivity contribution is -0.140. The monoisotopic (exact) mass is 400 g/mol. The van der Waals surface area contributed by atoms with Gasteiger partial charge in [-0.25, -0.2) is 0 Å². The summed E-state index contributed by atoms with van der Waals surface area (Å²) < 4.78 is 5.49. The molecule has 148 valence electrons. The van der Waals surface area contributed by atoms with Crippen molar-refractivity contribution in [2.24, 2.45) is 0 Å². The summed E-state index contributed by atoms with van der Waals surface area (Å²) in [5, 5.41) is 12.9. The maximum Gasteiger partial charge on any atom is 0.295 e. The number of Topliss-reactive ketones (excluding diaryl/α,β-unsaturated/α-hetero) is 1. The predicted molar refractivity (Wildman–Crippen MR) is 109 cm³/mol. The molecule has 2 aromatic rings. The first-order chi connectivity index (χ1) is 13.4. The smallest absolute Gasteiger partial charge is 0.295 e. The SMILES string of the molecule is CCOc1cccc(/C(O)=C2\C(=O)C(=O)N(CCN(C)C)C2c2cccs2)c1. The molecule has 1 fully saturated rings. The number of nitrogens with zero attached hydrogens (tertiary/aromatic N) is 2. The zero-order valence-electron chi connectivity index (χ0n) is 16.2. The highest BCUT2D eigenvalue weighted by molar-refractivity contribution is 7.10. The van der Waals surface area contributed by atoms with Crippen molar-refractivity contribution in [1.29, 1.82) is 0 Å². The van der Waals surface area contributed by atoms with Crippen LogP contribution in [0.1, 0.15) is 23.4 Å². The molecule has 1 aliphatic heterocycles. The Labute approximate surface area is 168 Å². The molecular weight excluding hydrogens is 376 g/mol. The molecule has 0 bridgehead atoms. The van der Waals surface area contributed by atoms with Gasteiger partial charge in [0, 0.05) is 23.5 Å². The summed E-state index contributed by atoms with van der Waals surface area (Å²) in [6.45, 7) is 3.39. The van der Waals surface area contributed by atoms with Gasteiger partial charge in [0.15, 0.2) is 0 Å². The number of rotatable bonds is 7. The summed E-state index contributed by atoms with van der Waals surface area (Å²) in [6, 6.07) is 10.1. The van der Waals surface area contributed by atoms with Crippen LogP contribution in [0.25, 0.3) is 5.76 Å². The zero-order valence-corrected chi connectivity index (χ0v) is 17.0. The van der Waals surface area contributed by atoms with Crippen LogP contribution in [0, 0.1) is 0 Å². The predicted octanol–water partition coefficient (Wildman–Crippen LogP) is 3.13. The quantitative estimate of drug-likeness (QED) is 0.439. The summed E-state index contributed by atoms with van der Waals surface area (Å²) in [7, 11) is 3.83. The summed E-state index contributed by atoms with van der Waals surface area (Å²) in [6.07, 6.45) is 0. The number of carbonyl (C=O) groups excluding carboxylic acids is 2. The van der Waals surface area contributed by atoms with Crippen LogP contribution < -0.4 is 4.74 Å². The molecule has 0 radical (unpaired) electrons. The Morgan fingerprint density at radius 1 is 1.25 bits per heavy atom. The van der Waals surface area contributed by atoms with Crippen LogP contribution in [0.4, 0.5) is 0 Å². The van der Waals surface area contributed by atoms with Gasteiger partial charge in [0.1, 0.15) is 11.5 Å². The lowest BCUT2D eigenvalue weighted by atomic mass is 9.99. The summed E-state index contributed by atoms with van der Waals surface area (Å²) >= 11 is 1.46. The molecule has 28 heavy (non-hydrogen) atoms. The van der Waals surface area contributed by atoms with Crippen LogP contribution in [0.5, 0.6) is 5.75 Å². The zero-order chi connectivity index (χ0) is 20.3. The number of thiophene rings is 1. The van der Waals surface area contributed by atoms with Gasteiger partial charge in [-0.1, -0.05) is 18.2 Å². The number of hydrogen-bond donors (Lipinski definition) is 1. The van der Waals surface area contributed by atoms with Crippen molar-refractivity contribution in [3.8, 4) is 5.75 Å². The normalized spacial score (nSPS) is 18.9. The molecule has 0 spiro atoms. The molecule has 7 heteroatoms. The highest BCUT2D eigenvalue weighted by Gasteiger charge is 2.46. The molecule has 1 aromatic heterocycles. The first-order valence-corrected chi connectivity index (χ1v) is 10.0. The van der Waals surface area contributed by atoms with E-state index in [1.807, 2.05) is 43.4 Å². The molecule has 0 aliphatic carbocycles. The lowest BCUT2D eigenvalue weighted by Gasteiger charge is -2.25. The van der Waals surface area contributed by atoms with Crippen LogP contribution >= 0.6 is 11.3 Å². The molecule has 3 rings (SSSR count). The Morgan fingerprint density at radius 2 is 2.04 bits per heavy atom. The molecule has 0 saturated carbocycles. The lowest BCUT2D eigenvalue weighted by Crippen LogP contribution is -2.35. The van der Waals surface area contributed by atoms with E-state index in [0.717, 1.165) is 4.88 Å². The van der Waals surface area contributed by atoms with E-state index in [1.54, 1.807) is 29.2 Å². The van der Waals surface area contributed by atoms with E-state index in [2.05, 4.69) is 0 Å². The minimum absolute atomic E-state index is 0.125. The number of ether oxygens (including phenoxy) is 1. The number of likely N-dealkylation sites (tertiary alicyclic amines) is 1. The Bertz CT molecular complexity index is 890. The number of likely N-dealkylation sites (N-methyl/N-ethyl adjacent to an activating group) is 1. The highest BCUT2D eigenvalue weighted by Crippen LogP contribution is 2.41. The second-order valence-electron chi connectivity index (χ2n) is 6.77. The van der Waals surface area contributed by atoms with E-state index < -0.39 is 17.7 Å². The van der Waals surface area contributed by atoms with Gasteiger partial charge in [-0.15, -0.1) is 11.3 Å². The van der Waals surface area contributed by atoms with Crippen LogP contribution in [0.15, 0.2) is 47.4 Å². The van der Waals surface area contributed by atoms with E-state index in [9.17, 15) is 14.7 Å². The molecule has 1 N–H and O–H groups in total. The molecule has 6 nitrogen and oxygen atoms in total. The number of aliphatic hydroxyl groups is 1. The summed E-state index contributed by atoms with van der Waals surface area (Å²) in [5.41, 5.74) is 0.581. The topological polar surface area (TPSA) is 70.1 Å². The number of carbonyl (C=O) groups is 2. The molecule has 2 heterocycles. The van der Waals surface area contributed by atoms with Crippen molar-refractivity contribution in [2.45, 2.75) is 13.0 Å². The van der Waals surface area contributed by atoms with Crippen LogP contribution in [0.3, 0.4) is 0 Å². The largest absolute Gasteiger partial charge is 0.507 e. The third-order valence-corrected chi connectivity index (χ3v) is 5.48. The number of amides is 1. The van der Waals surface area contributed by atoms with Crippen LogP contribution in [-0.2, 0) is 9.59 Å². The number of hydrogen-bond acceptors (Lipinski definition) is 6. The molecule has 1 atom stereocenters. The number of aliphatic hydroxyl groups excluding tert-OH is 1. The van der Waals surface area contributed by atoms with Gasteiger partial charge in [0.25, 0.3) is 11.7 Å². The fourth-order valence-corrected chi connectivity index (χ4v) is 4.06. The van der Waals surface area contributed by atoms with Crippen molar-refractivity contribution in [1.82, 2.24) is 9.80 Å². The third-order valence-electron chi connectivity index (χ3n) is 4.56. The van der Waals surface area contributed by atoms with Crippen molar-refractivity contribution in [2.75, 3.05) is 33.8 Å². The Hall–Kier alpha value is -2.64.